The van der Waals surface area contributed by atoms with Crippen molar-refractivity contribution in [2.24, 2.45) is 5.92 Å². The van der Waals surface area contributed by atoms with Gasteiger partial charge in [-0.15, -0.1) is 0 Å². The molecular formula is C13H16N2O3. The number of carbonyl (C=O) groups is 1. The number of benzene rings is 1. The van der Waals surface area contributed by atoms with Crippen LogP contribution in [0.25, 0.3) is 11.1 Å². The van der Waals surface area contributed by atoms with Gasteiger partial charge in [-0.25, -0.2) is 4.98 Å². The number of hydrogen-bond donors (Lipinski definition) is 2. The van der Waals surface area contributed by atoms with Gasteiger partial charge in [0, 0.05) is 0 Å². The monoisotopic (exact) mass is 248 g/mol. The molecule has 1 unspecified atom stereocenters. The fraction of sp³-hybridized carbons (Fsp3) is 0.385. The number of hydrogen-bond acceptors (Lipinski definition) is 4. The van der Waals surface area contributed by atoms with E-state index in [4.69, 9.17) is 9.52 Å². The second-order valence-electron chi connectivity index (χ2n) is 4.52. The molecule has 18 heavy (non-hydrogen) atoms. The SMILES string of the molecule is CC(C)C(NCc1nc2ccccc2o1)C(=O)O. The summed E-state index contributed by atoms with van der Waals surface area (Å²) in [5.74, 6) is -0.351. The molecule has 96 valence electrons. The Labute approximate surface area is 105 Å². The molecule has 0 bridgehead atoms. The summed E-state index contributed by atoms with van der Waals surface area (Å²) in [6.07, 6.45) is 0. The van der Waals surface area contributed by atoms with Gasteiger partial charge in [0.15, 0.2) is 5.58 Å². The predicted octanol–water partition coefficient (Wildman–Crippen LogP) is 2.03. The summed E-state index contributed by atoms with van der Waals surface area (Å²) < 4.78 is 5.51. The highest BCUT2D eigenvalue weighted by Gasteiger charge is 2.21. The zero-order valence-corrected chi connectivity index (χ0v) is 10.4. The van der Waals surface area contributed by atoms with Gasteiger partial charge in [0.25, 0.3) is 0 Å². The van der Waals surface area contributed by atoms with Crippen LogP contribution in [0, 0.1) is 5.92 Å². The molecule has 0 aliphatic carbocycles. The minimum Gasteiger partial charge on any atom is -0.480 e. The molecule has 1 aromatic heterocycles. The predicted molar refractivity (Wildman–Crippen MR) is 67.1 cm³/mol. The lowest BCUT2D eigenvalue weighted by molar-refractivity contribution is -0.140. The first-order valence-corrected chi connectivity index (χ1v) is 5.88. The minimum absolute atomic E-state index is 0.00637. The van der Waals surface area contributed by atoms with Crippen molar-refractivity contribution >= 4 is 17.1 Å². The number of carboxylic acid groups (broad SMARTS) is 1. The number of nitrogens with zero attached hydrogens (tertiary/aromatic N) is 1. The molecule has 0 amide bonds. The van der Waals surface area contributed by atoms with E-state index >= 15 is 0 Å². The van der Waals surface area contributed by atoms with Gasteiger partial charge in [-0.2, -0.15) is 0 Å². The Balaban J connectivity index is 2.07. The third-order valence-corrected chi connectivity index (χ3v) is 2.74. The van der Waals surface area contributed by atoms with Crippen LogP contribution in [-0.2, 0) is 11.3 Å². The first-order chi connectivity index (χ1) is 8.58. The number of carboxylic acids is 1. The lowest BCUT2D eigenvalue weighted by Crippen LogP contribution is -2.40. The van der Waals surface area contributed by atoms with Crippen LogP contribution in [0.4, 0.5) is 0 Å². The molecule has 5 nitrogen and oxygen atoms in total. The van der Waals surface area contributed by atoms with E-state index in [2.05, 4.69) is 10.3 Å². The Morgan fingerprint density at radius 3 is 2.78 bits per heavy atom. The number of para-hydroxylation sites is 2. The summed E-state index contributed by atoms with van der Waals surface area (Å²) in [7, 11) is 0. The first kappa shape index (κ1) is 12.6. The molecule has 0 spiro atoms. The number of oxazole rings is 1. The van der Waals surface area contributed by atoms with Crippen LogP contribution in [0.5, 0.6) is 0 Å². The normalized spacial score (nSPS) is 13.1. The molecule has 0 fully saturated rings. The van der Waals surface area contributed by atoms with E-state index < -0.39 is 12.0 Å². The summed E-state index contributed by atoms with van der Waals surface area (Å²) >= 11 is 0. The van der Waals surface area contributed by atoms with Crippen LogP contribution in [0.3, 0.4) is 0 Å². The summed E-state index contributed by atoms with van der Waals surface area (Å²) in [6, 6.07) is 6.86. The molecule has 5 heteroatoms. The molecule has 0 saturated carbocycles. The standard InChI is InChI=1S/C13H16N2O3/c1-8(2)12(13(16)17)14-7-11-15-9-5-3-4-6-10(9)18-11/h3-6,8,12,14H,7H2,1-2H3,(H,16,17). The Kier molecular flexibility index (Phi) is 3.62. The maximum absolute atomic E-state index is 11.0. The van der Waals surface area contributed by atoms with E-state index in [1.807, 2.05) is 38.1 Å². The van der Waals surface area contributed by atoms with Crippen molar-refractivity contribution in [2.75, 3.05) is 0 Å². The van der Waals surface area contributed by atoms with Crippen molar-refractivity contribution in [3.63, 3.8) is 0 Å². The van der Waals surface area contributed by atoms with Crippen molar-refractivity contribution in [2.45, 2.75) is 26.4 Å². The largest absolute Gasteiger partial charge is 0.480 e. The third-order valence-electron chi connectivity index (χ3n) is 2.74. The summed E-state index contributed by atoms with van der Waals surface area (Å²) in [4.78, 5) is 15.3. The van der Waals surface area contributed by atoms with Gasteiger partial charge in [0.1, 0.15) is 11.6 Å². The first-order valence-electron chi connectivity index (χ1n) is 5.88. The van der Waals surface area contributed by atoms with Gasteiger partial charge in [-0.3, -0.25) is 10.1 Å². The Hall–Kier alpha value is -1.88. The van der Waals surface area contributed by atoms with Crippen LogP contribution in [-0.4, -0.2) is 22.1 Å². The van der Waals surface area contributed by atoms with Crippen LogP contribution in [0.1, 0.15) is 19.7 Å². The fourth-order valence-electron chi connectivity index (χ4n) is 1.80. The van der Waals surface area contributed by atoms with Gasteiger partial charge in [-0.05, 0) is 18.1 Å². The number of fused-ring (bicyclic) bond motifs is 1. The zero-order valence-electron chi connectivity index (χ0n) is 10.4. The molecule has 2 N–H and O–H groups in total. The Bertz CT molecular complexity index is 515. The molecule has 0 aliphatic heterocycles. The number of rotatable bonds is 5. The van der Waals surface area contributed by atoms with E-state index in [0.29, 0.717) is 18.0 Å². The Morgan fingerprint density at radius 2 is 2.17 bits per heavy atom. The van der Waals surface area contributed by atoms with Crippen molar-refractivity contribution in [1.82, 2.24) is 10.3 Å². The molecule has 0 aliphatic rings. The van der Waals surface area contributed by atoms with Gasteiger partial charge in [0.2, 0.25) is 5.89 Å². The van der Waals surface area contributed by atoms with Crippen LogP contribution in [0.15, 0.2) is 28.7 Å². The van der Waals surface area contributed by atoms with E-state index in [0.717, 1.165) is 5.52 Å². The number of nitrogens with one attached hydrogen (secondary N) is 1. The van der Waals surface area contributed by atoms with Gasteiger partial charge >= 0.3 is 5.97 Å². The Morgan fingerprint density at radius 1 is 1.44 bits per heavy atom. The van der Waals surface area contributed by atoms with E-state index in [1.165, 1.54) is 0 Å². The smallest absolute Gasteiger partial charge is 0.320 e. The topological polar surface area (TPSA) is 75.4 Å². The lowest BCUT2D eigenvalue weighted by Gasteiger charge is -2.16. The summed E-state index contributed by atoms with van der Waals surface area (Å²) in [5, 5.41) is 12.0. The quantitative estimate of drug-likeness (QED) is 0.846. The van der Waals surface area contributed by atoms with E-state index in [-0.39, 0.29) is 5.92 Å². The highest BCUT2D eigenvalue weighted by atomic mass is 16.4. The highest BCUT2D eigenvalue weighted by molar-refractivity contribution is 5.74. The van der Waals surface area contributed by atoms with Crippen LogP contribution in [0.2, 0.25) is 0 Å². The van der Waals surface area contributed by atoms with Crippen molar-refractivity contribution in [3.05, 3.63) is 30.2 Å². The molecule has 0 saturated heterocycles. The molecule has 2 aromatic rings. The lowest BCUT2D eigenvalue weighted by atomic mass is 10.1. The van der Waals surface area contributed by atoms with Crippen molar-refractivity contribution in [3.8, 4) is 0 Å². The van der Waals surface area contributed by atoms with Gasteiger partial charge < -0.3 is 9.52 Å². The second-order valence-corrected chi connectivity index (χ2v) is 4.52. The molecule has 1 heterocycles. The maximum atomic E-state index is 11.0. The number of aliphatic carboxylic acids is 1. The van der Waals surface area contributed by atoms with Crippen LogP contribution < -0.4 is 5.32 Å². The van der Waals surface area contributed by atoms with Crippen LogP contribution >= 0.6 is 0 Å². The van der Waals surface area contributed by atoms with E-state index in [9.17, 15) is 4.79 Å². The summed E-state index contributed by atoms with van der Waals surface area (Å²) in [6.45, 7) is 4.03. The average Bonchev–Trinajstić information content (AvgIpc) is 2.70. The minimum atomic E-state index is -0.860. The van der Waals surface area contributed by atoms with Gasteiger partial charge in [-0.1, -0.05) is 26.0 Å². The van der Waals surface area contributed by atoms with Crippen molar-refractivity contribution < 1.29 is 14.3 Å². The van der Waals surface area contributed by atoms with Gasteiger partial charge in [0.05, 0.1) is 6.54 Å². The molecule has 1 aromatic carbocycles. The average molecular weight is 248 g/mol. The highest BCUT2D eigenvalue weighted by Crippen LogP contribution is 2.14. The van der Waals surface area contributed by atoms with E-state index in [1.54, 1.807) is 0 Å². The third kappa shape index (κ3) is 2.68. The second kappa shape index (κ2) is 5.18. The fourth-order valence-corrected chi connectivity index (χ4v) is 1.80. The number of aromatic nitrogens is 1. The molecular weight excluding hydrogens is 232 g/mol. The molecule has 1 atom stereocenters. The molecule has 2 rings (SSSR count). The maximum Gasteiger partial charge on any atom is 0.320 e. The zero-order chi connectivity index (χ0) is 13.1. The molecule has 0 radical (unpaired) electrons. The van der Waals surface area contributed by atoms with Crippen molar-refractivity contribution in [1.29, 1.82) is 0 Å². The summed E-state index contributed by atoms with van der Waals surface area (Å²) in [5.41, 5.74) is 1.50.